The molecule has 212 valence electrons. The third-order valence-corrected chi connectivity index (χ3v) is 8.99. The summed E-state index contributed by atoms with van der Waals surface area (Å²) in [6.45, 7) is 1.50. The molecule has 2 fully saturated rings. The Hall–Kier alpha value is -3.52. The van der Waals surface area contributed by atoms with Gasteiger partial charge in [-0.1, -0.05) is 0 Å². The number of alkyl halides is 3. The molecule has 1 saturated carbocycles. The van der Waals surface area contributed by atoms with E-state index in [0.717, 1.165) is 41.0 Å². The summed E-state index contributed by atoms with van der Waals surface area (Å²) in [6, 6.07) is 4.12. The molecule has 2 atom stereocenters. The highest BCUT2D eigenvalue weighted by Crippen LogP contribution is 2.42. The van der Waals surface area contributed by atoms with Gasteiger partial charge in [0.15, 0.2) is 5.82 Å². The van der Waals surface area contributed by atoms with E-state index in [2.05, 4.69) is 20.3 Å². The van der Waals surface area contributed by atoms with E-state index in [-0.39, 0.29) is 46.3 Å². The topological polar surface area (TPSA) is 105 Å². The molecule has 0 unspecified atom stereocenters. The lowest BCUT2D eigenvalue weighted by Gasteiger charge is -2.27. The molecule has 1 aliphatic heterocycles. The van der Waals surface area contributed by atoms with Gasteiger partial charge in [-0.15, -0.1) is 0 Å². The predicted molar refractivity (Wildman–Crippen MR) is 132 cm³/mol. The van der Waals surface area contributed by atoms with Crippen LogP contribution in [0.15, 0.2) is 47.6 Å². The van der Waals surface area contributed by atoms with E-state index in [4.69, 9.17) is 0 Å². The van der Waals surface area contributed by atoms with Gasteiger partial charge in [-0.25, -0.2) is 27.2 Å². The van der Waals surface area contributed by atoms with E-state index < -0.39 is 51.6 Å². The zero-order chi connectivity index (χ0) is 28.8. The summed E-state index contributed by atoms with van der Waals surface area (Å²) in [7, 11) is -4.11. The summed E-state index contributed by atoms with van der Waals surface area (Å²) in [4.78, 5) is 24.0. The third-order valence-electron chi connectivity index (χ3n) is 6.95. The van der Waals surface area contributed by atoms with Crippen LogP contribution in [-0.2, 0) is 27.5 Å². The SMILES string of the molecule is C[C@H]1CC[C@@H](C(=O)NCc2cc(-c3cnc(C(F)(F)F)nc3)c(F)c(C3CC3)n2)N1S(=O)(=O)c1ccc(F)cc1. The van der Waals surface area contributed by atoms with Crippen molar-refractivity contribution in [2.45, 2.75) is 68.2 Å². The molecule has 3 aromatic rings. The molecule has 1 aliphatic carbocycles. The summed E-state index contributed by atoms with van der Waals surface area (Å²) in [6.07, 6.45) is -0.920. The Morgan fingerprint density at radius 3 is 2.30 bits per heavy atom. The minimum Gasteiger partial charge on any atom is -0.349 e. The second kappa shape index (κ2) is 10.5. The fourth-order valence-corrected chi connectivity index (χ4v) is 6.62. The Kier molecular flexibility index (Phi) is 7.33. The Morgan fingerprint density at radius 1 is 1.05 bits per heavy atom. The lowest BCUT2D eigenvalue weighted by molar-refractivity contribution is -0.145. The molecule has 3 heterocycles. The highest BCUT2D eigenvalue weighted by atomic mass is 32.2. The van der Waals surface area contributed by atoms with Crippen LogP contribution in [0.1, 0.15) is 55.7 Å². The average Bonchev–Trinajstić information content (AvgIpc) is 3.68. The van der Waals surface area contributed by atoms with Gasteiger partial charge in [0, 0.05) is 35.5 Å². The number of hydrogen-bond donors (Lipinski definition) is 1. The molecule has 14 heteroatoms. The lowest BCUT2D eigenvalue weighted by atomic mass is 10.0. The van der Waals surface area contributed by atoms with Crippen molar-refractivity contribution in [3.8, 4) is 11.1 Å². The summed E-state index contributed by atoms with van der Waals surface area (Å²) in [5, 5.41) is 2.67. The molecule has 8 nitrogen and oxygen atoms in total. The lowest BCUT2D eigenvalue weighted by Crippen LogP contribution is -2.48. The van der Waals surface area contributed by atoms with Gasteiger partial charge in [0.05, 0.1) is 22.8 Å². The zero-order valence-electron chi connectivity index (χ0n) is 21.1. The smallest absolute Gasteiger partial charge is 0.349 e. The zero-order valence-corrected chi connectivity index (χ0v) is 21.9. The predicted octanol–water partition coefficient (Wildman–Crippen LogP) is 4.57. The van der Waals surface area contributed by atoms with Crippen molar-refractivity contribution < 1.29 is 35.2 Å². The summed E-state index contributed by atoms with van der Waals surface area (Å²) >= 11 is 0. The van der Waals surface area contributed by atoms with Crippen molar-refractivity contribution in [3.63, 3.8) is 0 Å². The van der Waals surface area contributed by atoms with Crippen LogP contribution in [0.3, 0.4) is 0 Å². The van der Waals surface area contributed by atoms with Crippen LogP contribution in [0.25, 0.3) is 11.1 Å². The maximum Gasteiger partial charge on any atom is 0.451 e. The first-order chi connectivity index (χ1) is 18.9. The number of carbonyl (C=O) groups is 1. The van der Waals surface area contributed by atoms with Crippen LogP contribution in [0.2, 0.25) is 0 Å². The van der Waals surface area contributed by atoms with Gasteiger partial charge in [-0.2, -0.15) is 17.5 Å². The van der Waals surface area contributed by atoms with Crippen molar-refractivity contribution in [1.29, 1.82) is 0 Å². The Morgan fingerprint density at radius 2 is 1.70 bits per heavy atom. The first-order valence-corrected chi connectivity index (χ1v) is 14.0. The fourth-order valence-electron chi connectivity index (χ4n) is 4.78. The van der Waals surface area contributed by atoms with Gasteiger partial charge in [-0.05, 0) is 62.9 Å². The number of hydrogen-bond acceptors (Lipinski definition) is 6. The van der Waals surface area contributed by atoms with E-state index in [9.17, 15) is 30.8 Å². The molecule has 1 N–H and O–H groups in total. The summed E-state index contributed by atoms with van der Waals surface area (Å²) in [5.41, 5.74) is 0.343. The van der Waals surface area contributed by atoms with Gasteiger partial charge in [0.1, 0.15) is 11.9 Å². The minimum absolute atomic E-state index is 0.0172. The number of pyridine rings is 1. The van der Waals surface area contributed by atoms with Crippen molar-refractivity contribution in [3.05, 3.63) is 71.6 Å². The molecule has 40 heavy (non-hydrogen) atoms. The fraction of sp³-hybridized carbons (Fsp3) is 0.385. The third kappa shape index (κ3) is 5.55. The number of sulfonamides is 1. The number of nitrogens with one attached hydrogen (secondary N) is 1. The van der Waals surface area contributed by atoms with Crippen LogP contribution in [0.4, 0.5) is 22.0 Å². The van der Waals surface area contributed by atoms with Crippen LogP contribution in [0, 0.1) is 11.6 Å². The molecule has 0 bridgehead atoms. The Bertz CT molecular complexity index is 1530. The molecule has 2 aliphatic rings. The molecular weight excluding hydrogens is 557 g/mol. The highest BCUT2D eigenvalue weighted by molar-refractivity contribution is 7.89. The first kappa shape index (κ1) is 28.0. The molecular formula is C26H24F5N5O3S. The van der Waals surface area contributed by atoms with Crippen molar-refractivity contribution >= 4 is 15.9 Å². The van der Waals surface area contributed by atoms with E-state index in [1.807, 2.05) is 0 Å². The number of aromatic nitrogens is 3. The number of benzene rings is 1. The van der Waals surface area contributed by atoms with Gasteiger partial charge >= 0.3 is 6.18 Å². The molecule has 1 amide bonds. The van der Waals surface area contributed by atoms with Gasteiger partial charge < -0.3 is 5.32 Å². The Balaban J connectivity index is 1.38. The summed E-state index contributed by atoms with van der Waals surface area (Å²) in [5.74, 6) is -3.39. The molecule has 1 saturated heterocycles. The van der Waals surface area contributed by atoms with Crippen molar-refractivity contribution in [2.75, 3.05) is 0 Å². The Labute approximate surface area is 226 Å². The van der Waals surface area contributed by atoms with E-state index in [1.54, 1.807) is 6.92 Å². The largest absolute Gasteiger partial charge is 0.451 e. The standard InChI is InChI=1S/C26H24F5N5O3S/c1-14-2-9-21(36(14)40(38,39)19-7-5-17(27)6-8-19)24(37)32-13-18-10-20(22(28)23(35-18)15-3-4-15)16-11-33-25(34-12-16)26(29,30)31/h5-8,10-12,14-15,21H,2-4,9,13H2,1H3,(H,32,37)/t14-,21-/m0/s1. The molecule has 2 aromatic heterocycles. The quantitative estimate of drug-likeness (QED) is 0.410. The van der Waals surface area contributed by atoms with Gasteiger partial charge in [0.25, 0.3) is 0 Å². The highest BCUT2D eigenvalue weighted by Gasteiger charge is 2.43. The maximum atomic E-state index is 15.3. The van der Waals surface area contributed by atoms with Crippen molar-refractivity contribution in [1.82, 2.24) is 24.6 Å². The maximum absolute atomic E-state index is 15.3. The first-order valence-electron chi connectivity index (χ1n) is 12.5. The number of amides is 1. The number of rotatable bonds is 7. The monoisotopic (exact) mass is 581 g/mol. The normalized spacial score (nSPS) is 20.1. The number of halogens is 5. The van der Waals surface area contributed by atoms with Gasteiger partial charge in [0.2, 0.25) is 21.8 Å². The molecule has 0 radical (unpaired) electrons. The van der Waals surface area contributed by atoms with Crippen molar-refractivity contribution in [2.24, 2.45) is 0 Å². The second-order valence-electron chi connectivity index (χ2n) is 9.88. The summed E-state index contributed by atoms with van der Waals surface area (Å²) < 4.78 is 95.0. The van der Waals surface area contributed by atoms with Crippen LogP contribution in [0.5, 0.6) is 0 Å². The van der Waals surface area contributed by atoms with E-state index in [0.29, 0.717) is 19.3 Å². The minimum atomic E-state index is -4.75. The van der Waals surface area contributed by atoms with Crippen LogP contribution < -0.4 is 5.32 Å². The average molecular weight is 582 g/mol. The van der Waals surface area contributed by atoms with Crippen LogP contribution in [-0.4, -0.2) is 45.7 Å². The molecule has 0 spiro atoms. The number of nitrogens with zero attached hydrogens (tertiary/aromatic N) is 4. The van der Waals surface area contributed by atoms with Gasteiger partial charge in [-0.3, -0.25) is 9.78 Å². The molecule has 5 rings (SSSR count). The molecule has 1 aromatic carbocycles. The second-order valence-corrected chi connectivity index (χ2v) is 11.7. The van der Waals surface area contributed by atoms with E-state index >= 15 is 4.39 Å². The van der Waals surface area contributed by atoms with E-state index in [1.165, 1.54) is 6.07 Å². The number of carbonyl (C=O) groups excluding carboxylic acids is 1. The van der Waals surface area contributed by atoms with Crippen LogP contribution >= 0.6 is 0 Å².